The Kier molecular flexibility index (Phi) is 7.56. The second-order valence-corrected chi connectivity index (χ2v) is 9.37. The number of nitriles is 1. The Morgan fingerprint density at radius 3 is 2.63 bits per heavy atom. The van der Waals surface area contributed by atoms with Gasteiger partial charge in [0, 0.05) is 4.90 Å². The van der Waals surface area contributed by atoms with Gasteiger partial charge in [-0.1, -0.05) is 23.7 Å². The first-order valence-corrected chi connectivity index (χ1v) is 11.1. The standard InChI is InChI=1S/C19H21ClN4OS2/c20-18-6-5-15(27-18)13-23-8-10-24(11-9-23)14-19(25)22-16-3-1-2-4-17(16)26-12-7-21/h1-6H,8-14H2,(H,22,25)/p+2. The maximum absolute atomic E-state index is 12.5. The molecule has 1 saturated heterocycles. The minimum atomic E-state index is 0.0310. The molecule has 1 fully saturated rings. The number of hydrogen-bond donors (Lipinski definition) is 3. The highest BCUT2D eigenvalue weighted by molar-refractivity contribution is 7.99. The van der Waals surface area contributed by atoms with Gasteiger partial charge >= 0.3 is 0 Å². The largest absolute Gasteiger partial charge is 0.321 e. The summed E-state index contributed by atoms with van der Waals surface area (Å²) in [7, 11) is 0. The van der Waals surface area contributed by atoms with Crippen molar-refractivity contribution < 1.29 is 14.6 Å². The van der Waals surface area contributed by atoms with Crippen LogP contribution in [-0.4, -0.2) is 44.4 Å². The summed E-state index contributed by atoms with van der Waals surface area (Å²) in [5, 5.41) is 11.8. The van der Waals surface area contributed by atoms with E-state index in [9.17, 15) is 4.79 Å². The first-order chi connectivity index (χ1) is 13.1. The quantitative estimate of drug-likeness (QED) is 0.582. The number of carbonyl (C=O) groups excluding carboxylic acids is 1. The summed E-state index contributed by atoms with van der Waals surface area (Å²) in [6, 6.07) is 13.8. The number of anilines is 1. The molecule has 0 aliphatic carbocycles. The normalized spacial score (nSPS) is 19.4. The summed E-state index contributed by atoms with van der Waals surface area (Å²) in [5.74, 6) is 0.404. The number of nitrogens with zero attached hydrogens (tertiary/aromatic N) is 1. The van der Waals surface area contributed by atoms with Gasteiger partial charge in [0.2, 0.25) is 0 Å². The van der Waals surface area contributed by atoms with Gasteiger partial charge in [-0.05, 0) is 24.3 Å². The third kappa shape index (κ3) is 6.23. The first kappa shape index (κ1) is 20.2. The van der Waals surface area contributed by atoms with Gasteiger partial charge in [0.15, 0.2) is 6.54 Å². The van der Waals surface area contributed by atoms with Crippen LogP contribution in [0, 0.1) is 11.3 Å². The van der Waals surface area contributed by atoms with Crippen molar-refractivity contribution >= 4 is 46.3 Å². The predicted molar refractivity (Wildman–Crippen MR) is 111 cm³/mol. The average Bonchev–Trinajstić information content (AvgIpc) is 3.07. The van der Waals surface area contributed by atoms with Crippen molar-refractivity contribution in [2.45, 2.75) is 11.4 Å². The Balaban J connectivity index is 1.45. The van der Waals surface area contributed by atoms with Crippen LogP contribution in [0.2, 0.25) is 4.34 Å². The Labute approximate surface area is 172 Å². The first-order valence-electron chi connectivity index (χ1n) is 8.94. The number of amides is 1. The van der Waals surface area contributed by atoms with E-state index in [4.69, 9.17) is 16.9 Å². The molecule has 3 rings (SSSR count). The van der Waals surface area contributed by atoms with Crippen LogP contribution in [0.25, 0.3) is 0 Å². The average molecular weight is 423 g/mol. The van der Waals surface area contributed by atoms with Gasteiger partial charge in [-0.15, -0.1) is 23.1 Å². The lowest BCUT2D eigenvalue weighted by Gasteiger charge is -2.29. The van der Waals surface area contributed by atoms with Gasteiger partial charge in [0.25, 0.3) is 5.91 Å². The molecule has 27 heavy (non-hydrogen) atoms. The van der Waals surface area contributed by atoms with E-state index >= 15 is 0 Å². The molecule has 1 aromatic heterocycles. The molecule has 5 nitrogen and oxygen atoms in total. The van der Waals surface area contributed by atoms with Crippen molar-refractivity contribution in [2.24, 2.45) is 0 Å². The van der Waals surface area contributed by atoms with Crippen LogP contribution in [0.5, 0.6) is 0 Å². The molecule has 2 aromatic rings. The number of piperazine rings is 1. The van der Waals surface area contributed by atoms with E-state index in [1.165, 1.54) is 21.5 Å². The lowest BCUT2D eigenvalue weighted by atomic mass is 10.3. The lowest BCUT2D eigenvalue weighted by molar-refractivity contribution is -1.01. The SMILES string of the molecule is N#CCSc1ccccc1NC(=O)C[NH+]1CC[NH+](Cc2ccc(Cl)s2)CC1. The van der Waals surface area contributed by atoms with Gasteiger partial charge in [-0.25, -0.2) is 0 Å². The van der Waals surface area contributed by atoms with Crippen molar-refractivity contribution in [2.75, 3.05) is 43.8 Å². The number of thioether (sulfide) groups is 1. The maximum Gasteiger partial charge on any atom is 0.279 e. The van der Waals surface area contributed by atoms with E-state index in [0.717, 1.165) is 47.6 Å². The molecular formula is C19H23ClN4OS2+2. The Bertz CT molecular complexity index is 812. The van der Waals surface area contributed by atoms with E-state index < -0.39 is 0 Å². The van der Waals surface area contributed by atoms with Gasteiger partial charge in [-0.3, -0.25) is 4.79 Å². The number of carbonyl (C=O) groups is 1. The molecule has 0 radical (unpaired) electrons. The number of quaternary nitrogens is 2. The number of hydrogen-bond acceptors (Lipinski definition) is 4. The molecule has 3 N–H and O–H groups in total. The van der Waals surface area contributed by atoms with Crippen molar-refractivity contribution in [3.63, 3.8) is 0 Å². The van der Waals surface area contributed by atoms with Crippen LogP contribution >= 0.6 is 34.7 Å². The van der Waals surface area contributed by atoms with Crippen LogP contribution < -0.4 is 15.1 Å². The number of nitrogens with one attached hydrogen (secondary N) is 3. The number of benzene rings is 1. The number of para-hydroxylation sites is 1. The minimum absolute atomic E-state index is 0.0310. The summed E-state index contributed by atoms with van der Waals surface area (Å²) < 4.78 is 0.846. The topological polar surface area (TPSA) is 61.8 Å². The zero-order valence-electron chi connectivity index (χ0n) is 15.0. The van der Waals surface area contributed by atoms with Crippen molar-refractivity contribution in [1.29, 1.82) is 5.26 Å². The molecule has 2 heterocycles. The summed E-state index contributed by atoms with van der Waals surface area (Å²) in [4.78, 5) is 17.6. The molecule has 1 amide bonds. The zero-order valence-corrected chi connectivity index (χ0v) is 17.4. The Hall–Kier alpha value is -1.56. The third-order valence-corrected chi connectivity index (χ3v) is 6.75. The van der Waals surface area contributed by atoms with Crippen LogP contribution in [0.4, 0.5) is 5.69 Å². The predicted octanol–water partition coefficient (Wildman–Crippen LogP) is 0.939. The van der Waals surface area contributed by atoms with Gasteiger partial charge in [0.1, 0.15) is 32.7 Å². The molecule has 1 aromatic carbocycles. The van der Waals surface area contributed by atoms with Crippen LogP contribution in [0.3, 0.4) is 0 Å². The number of thiophene rings is 1. The van der Waals surface area contributed by atoms with Crippen LogP contribution in [0.15, 0.2) is 41.3 Å². The Morgan fingerprint density at radius 1 is 1.19 bits per heavy atom. The molecule has 0 unspecified atom stereocenters. The van der Waals surface area contributed by atoms with Crippen LogP contribution in [-0.2, 0) is 11.3 Å². The third-order valence-electron chi connectivity index (χ3n) is 4.58. The smallest absolute Gasteiger partial charge is 0.279 e. The van der Waals surface area contributed by atoms with Crippen molar-refractivity contribution in [1.82, 2.24) is 0 Å². The molecule has 1 aliphatic rings. The summed E-state index contributed by atoms with van der Waals surface area (Å²) in [5.41, 5.74) is 0.793. The fourth-order valence-corrected chi connectivity index (χ4v) is 5.06. The molecular weight excluding hydrogens is 400 g/mol. The van der Waals surface area contributed by atoms with E-state index in [2.05, 4.69) is 17.5 Å². The van der Waals surface area contributed by atoms with Gasteiger partial charge in [-0.2, -0.15) is 5.26 Å². The fourth-order valence-electron chi connectivity index (χ4n) is 3.23. The number of rotatable bonds is 7. The van der Waals surface area contributed by atoms with Crippen molar-refractivity contribution in [3.05, 3.63) is 45.6 Å². The van der Waals surface area contributed by atoms with Crippen molar-refractivity contribution in [3.8, 4) is 6.07 Å². The Morgan fingerprint density at radius 2 is 1.93 bits per heavy atom. The molecule has 0 bridgehead atoms. The number of halogens is 1. The van der Waals surface area contributed by atoms with Gasteiger partial charge < -0.3 is 15.1 Å². The highest BCUT2D eigenvalue weighted by atomic mass is 35.5. The highest BCUT2D eigenvalue weighted by Crippen LogP contribution is 2.26. The zero-order chi connectivity index (χ0) is 19.1. The highest BCUT2D eigenvalue weighted by Gasteiger charge is 2.25. The molecule has 0 spiro atoms. The molecule has 0 atom stereocenters. The van der Waals surface area contributed by atoms with Crippen LogP contribution in [0.1, 0.15) is 4.88 Å². The van der Waals surface area contributed by atoms with E-state index in [1.807, 2.05) is 30.3 Å². The van der Waals surface area contributed by atoms with Gasteiger partial charge in [0.05, 0.1) is 26.7 Å². The van der Waals surface area contributed by atoms with E-state index in [-0.39, 0.29) is 5.91 Å². The molecule has 142 valence electrons. The molecule has 8 heteroatoms. The van der Waals surface area contributed by atoms with E-state index in [1.54, 1.807) is 16.2 Å². The fraction of sp³-hybridized carbons (Fsp3) is 0.368. The monoisotopic (exact) mass is 422 g/mol. The lowest BCUT2D eigenvalue weighted by Crippen LogP contribution is -3.28. The maximum atomic E-state index is 12.5. The molecule has 1 aliphatic heterocycles. The van der Waals surface area contributed by atoms with E-state index in [0.29, 0.717) is 12.3 Å². The summed E-state index contributed by atoms with van der Waals surface area (Å²) in [6.45, 7) is 5.61. The minimum Gasteiger partial charge on any atom is -0.321 e. The second kappa shape index (κ2) is 10.1. The summed E-state index contributed by atoms with van der Waals surface area (Å²) >= 11 is 9.10. The summed E-state index contributed by atoms with van der Waals surface area (Å²) in [6.07, 6.45) is 0. The second-order valence-electron chi connectivity index (χ2n) is 6.55. The molecule has 0 saturated carbocycles.